The molecule has 3 nitrogen and oxygen atoms in total. The van der Waals surface area contributed by atoms with Gasteiger partial charge in [0, 0.05) is 17.6 Å². The van der Waals surface area contributed by atoms with E-state index < -0.39 is 0 Å². The largest absolute Gasteiger partial charge is 0.491 e. The van der Waals surface area contributed by atoms with Crippen molar-refractivity contribution >= 4 is 0 Å². The maximum absolute atomic E-state index is 5.87. The predicted molar refractivity (Wildman–Crippen MR) is 88.8 cm³/mol. The molecule has 0 heterocycles. The minimum Gasteiger partial charge on any atom is -0.491 e. The maximum atomic E-state index is 5.87. The second-order valence-electron chi connectivity index (χ2n) is 6.88. The quantitative estimate of drug-likeness (QED) is 0.734. The molecular weight excluding hydrogens is 262 g/mol. The number of hydrogen-bond donors (Lipinski definition) is 1. The molecule has 0 amide bonds. The minimum absolute atomic E-state index is 0.100. The molecule has 1 aromatic rings. The van der Waals surface area contributed by atoms with Gasteiger partial charge in [0.1, 0.15) is 12.4 Å². The SMILES string of the molecule is CC(C)C(C)OCCOc1ccccc1CNC(C)(C)C. The van der Waals surface area contributed by atoms with Gasteiger partial charge in [0.25, 0.3) is 0 Å². The van der Waals surface area contributed by atoms with Crippen LogP contribution in [0.25, 0.3) is 0 Å². The summed E-state index contributed by atoms with van der Waals surface area (Å²) >= 11 is 0. The molecule has 0 aliphatic rings. The lowest BCUT2D eigenvalue weighted by atomic mass is 10.1. The van der Waals surface area contributed by atoms with Crippen LogP contribution in [0.4, 0.5) is 0 Å². The molecule has 1 N–H and O–H groups in total. The topological polar surface area (TPSA) is 30.5 Å². The molecule has 0 fully saturated rings. The first-order valence-electron chi connectivity index (χ1n) is 7.87. The molecule has 0 aliphatic heterocycles. The van der Waals surface area contributed by atoms with Crippen LogP contribution in [0.15, 0.2) is 24.3 Å². The number of para-hydroxylation sites is 1. The van der Waals surface area contributed by atoms with E-state index >= 15 is 0 Å². The first-order chi connectivity index (χ1) is 9.79. The molecular formula is C18H31NO2. The molecule has 0 aliphatic carbocycles. The van der Waals surface area contributed by atoms with Gasteiger partial charge in [-0.2, -0.15) is 0 Å². The summed E-state index contributed by atoms with van der Waals surface area (Å²) in [6, 6.07) is 8.18. The Morgan fingerprint density at radius 3 is 2.33 bits per heavy atom. The van der Waals surface area contributed by atoms with Crippen LogP contribution in [0.5, 0.6) is 5.75 Å². The number of rotatable bonds is 8. The predicted octanol–water partition coefficient (Wildman–Crippen LogP) is 4.01. The third kappa shape index (κ3) is 7.49. The summed E-state index contributed by atoms with van der Waals surface area (Å²) in [5, 5.41) is 3.49. The molecule has 120 valence electrons. The van der Waals surface area contributed by atoms with E-state index in [2.05, 4.69) is 52.9 Å². The highest BCUT2D eigenvalue weighted by Crippen LogP contribution is 2.18. The van der Waals surface area contributed by atoms with E-state index in [0.717, 1.165) is 12.3 Å². The van der Waals surface area contributed by atoms with E-state index in [1.54, 1.807) is 0 Å². The number of ether oxygens (including phenoxy) is 2. The molecule has 1 unspecified atom stereocenters. The van der Waals surface area contributed by atoms with Crippen molar-refractivity contribution in [3.8, 4) is 5.75 Å². The molecule has 0 bridgehead atoms. The Balaban J connectivity index is 2.44. The summed E-state index contributed by atoms with van der Waals surface area (Å²) < 4.78 is 11.6. The van der Waals surface area contributed by atoms with Crippen LogP contribution >= 0.6 is 0 Å². The zero-order chi connectivity index (χ0) is 15.9. The number of hydrogen-bond acceptors (Lipinski definition) is 3. The van der Waals surface area contributed by atoms with Crippen molar-refractivity contribution in [3.63, 3.8) is 0 Å². The average Bonchev–Trinajstić information content (AvgIpc) is 2.41. The van der Waals surface area contributed by atoms with Gasteiger partial charge in [0.05, 0.1) is 12.7 Å². The Morgan fingerprint density at radius 2 is 1.71 bits per heavy atom. The van der Waals surface area contributed by atoms with Crippen molar-refractivity contribution in [2.24, 2.45) is 5.92 Å². The molecule has 0 radical (unpaired) electrons. The fourth-order valence-electron chi connectivity index (χ4n) is 1.73. The van der Waals surface area contributed by atoms with E-state index in [-0.39, 0.29) is 11.6 Å². The van der Waals surface area contributed by atoms with Crippen molar-refractivity contribution in [2.45, 2.75) is 59.7 Å². The molecule has 0 saturated heterocycles. The maximum Gasteiger partial charge on any atom is 0.123 e. The van der Waals surface area contributed by atoms with Gasteiger partial charge in [-0.15, -0.1) is 0 Å². The molecule has 1 aromatic carbocycles. The van der Waals surface area contributed by atoms with Crippen LogP contribution in [-0.4, -0.2) is 24.9 Å². The second-order valence-corrected chi connectivity index (χ2v) is 6.88. The summed E-state index contributed by atoms with van der Waals surface area (Å²) in [7, 11) is 0. The average molecular weight is 293 g/mol. The van der Waals surface area contributed by atoms with E-state index in [1.165, 1.54) is 5.56 Å². The van der Waals surface area contributed by atoms with Gasteiger partial charge in [0.15, 0.2) is 0 Å². The van der Waals surface area contributed by atoms with Gasteiger partial charge in [-0.25, -0.2) is 0 Å². The van der Waals surface area contributed by atoms with Crippen molar-refractivity contribution in [1.29, 1.82) is 0 Å². The van der Waals surface area contributed by atoms with E-state index in [0.29, 0.717) is 19.1 Å². The van der Waals surface area contributed by atoms with Crippen molar-refractivity contribution in [2.75, 3.05) is 13.2 Å². The smallest absolute Gasteiger partial charge is 0.123 e. The van der Waals surface area contributed by atoms with Crippen LogP contribution in [-0.2, 0) is 11.3 Å². The third-order valence-corrected chi connectivity index (χ3v) is 3.44. The Bertz CT molecular complexity index is 410. The van der Waals surface area contributed by atoms with Gasteiger partial charge in [0.2, 0.25) is 0 Å². The normalized spacial score (nSPS) is 13.5. The number of nitrogens with one attached hydrogen (secondary N) is 1. The minimum atomic E-state index is 0.100. The Labute approximate surface area is 130 Å². The van der Waals surface area contributed by atoms with E-state index in [9.17, 15) is 0 Å². The Hall–Kier alpha value is -1.06. The molecule has 1 rings (SSSR count). The van der Waals surface area contributed by atoms with E-state index in [1.807, 2.05) is 18.2 Å². The highest BCUT2D eigenvalue weighted by Gasteiger charge is 2.11. The first kappa shape index (κ1) is 18.0. The highest BCUT2D eigenvalue weighted by atomic mass is 16.5. The van der Waals surface area contributed by atoms with Crippen molar-refractivity contribution < 1.29 is 9.47 Å². The van der Waals surface area contributed by atoms with Gasteiger partial charge < -0.3 is 14.8 Å². The monoisotopic (exact) mass is 293 g/mol. The summed E-state index contributed by atoms with van der Waals surface area (Å²) in [6.45, 7) is 14.9. The Kier molecular flexibility index (Phi) is 7.20. The lowest BCUT2D eigenvalue weighted by molar-refractivity contribution is 0.0186. The van der Waals surface area contributed by atoms with Gasteiger partial charge >= 0.3 is 0 Å². The summed E-state index contributed by atoms with van der Waals surface area (Å²) in [5.74, 6) is 1.48. The summed E-state index contributed by atoms with van der Waals surface area (Å²) in [6.07, 6.45) is 0.270. The lowest BCUT2D eigenvalue weighted by Crippen LogP contribution is -2.35. The van der Waals surface area contributed by atoms with Gasteiger partial charge in [-0.3, -0.25) is 0 Å². The number of benzene rings is 1. The van der Waals surface area contributed by atoms with Gasteiger partial charge in [-0.1, -0.05) is 32.0 Å². The van der Waals surface area contributed by atoms with Crippen LogP contribution in [0.2, 0.25) is 0 Å². The summed E-state index contributed by atoms with van der Waals surface area (Å²) in [4.78, 5) is 0. The van der Waals surface area contributed by atoms with Crippen molar-refractivity contribution in [3.05, 3.63) is 29.8 Å². The van der Waals surface area contributed by atoms with Crippen molar-refractivity contribution in [1.82, 2.24) is 5.32 Å². The fraction of sp³-hybridized carbons (Fsp3) is 0.667. The van der Waals surface area contributed by atoms with Crippen LogP contribution in [0.1, 0.15) is 47.1 Å². The molecule has 21 heavy (non-hydrogen) atoms. The standard InChI is InChI=1S/C18H31NO2/c1-14(2)15(3)20-11-12-21-17-10-8-7-9-16(17)13-19-18(4,5)6/h7-10,14-15,19H,11-13H2,1-6H3. The fourth-order valence-corrected chi connectivity index (χ4v) is 1.73. The zero-order valence-corrected chi connectivity index (χ0v) is 14.4. The zero-order valence-electron chi connectivity index (χ0n) is 14.4. The van der Waals surface area contributed by atoms with Gasteiger partial charge in [-0.05, 0) is 39.7 Å². The highest BCUT2D eigenvalue weighted by molar-refractivity contribution is 5.33. The molecule has 3 heteroatoms. The molecule has 0 aromatic heterocycles. The molecule has 0 saturated carbocycles. The molecule has 0 spiro atoms. The van der Waals surface area contributed by atoms with Crippen LogP contribution in [0, 0.1) is 5.92 Å². The van der Waals surface area contributed by atoms with E-state index in [4.69, 9.17) is 9.47 Å². The second kappa shape index (κ2) is 8.40. The van der Waals surface area contributed by atoms with Crippen LogP contribution < -0.4 is 10.1 Å². The summed E-state index contributed by atoms with van der Waals surface area (Å²) in [5.41, 5.74) is 1.28. The third-order valence-electron chi connectivity index (χ3n) is 3.44. The lowest BCUT2D eigenvalue weighted by Gasteiger charge is -2.22. The van der Waals surface area contributed by atoms with Crippen LogP contribution in [0.3, 0.4) is 0 Å². The first-order valence-corrected chi connectivity index (χ1v) is 7.87. The molecule has 1 atom stereocenters. The Morgan fingerprint density at radius 1 is 1.05 bits per heavy atom.